The summed E-state index contributed by atoms with van der Waals surface area (Å²) in [7, 11) is -2.23. The van der Waals surface area contributed by atoms with Crippen molar-refractivity contribution in [2.45, 2.75) is 20.4 Å². The lowest BCUT2D eigenvalue weighted by Gasteiger charge is -2.17. The van der Waals surface area contributed by atoms with Crippen LogP contribution in [0.15, 0.2) is 24.3 Å². The van der Waals surface area contributed by atoms with Gasteiger partial charge in [0.05, 0.1) is 0 Å². The Balaban J connectivity index is 2.88. The van der Waals surface area contributed by atoms with Gasteiger partial charge in [0.2, 0.25) is 5.30 Å². The molecule has 0 aromatic heterocycles. The SMILES string of the molecule is CCN(CC)Cc1ccccc1[P+](=O)O. The molecule has 0 spiro atoms. The zero-order valence-corrected chi connectivity index (χ0v) is 10.1. The van der Waals surface area contributed by atoms with E-state index in [4.69, 9.17) is 4.89 Å². The summed E-state index contributed by atoms with van der Waals surface area (Å²) in [4.78, 5) is 11.4. The van der Waals surface area contributed by atoms with Gasteiger partial charge in [-0.2, -0.15) is 4.89 Å². The first-order valence-corrected chi connectivity index (χ1v) is 6.36. The molecule has 82 valence electrons. The standard InChI is InChI=1S/C11H16NO2P/c1-3-12(4-2)9-10-7-5-6-8-11(10)15(13)14/h5-8H,3-4,9H2,1-2H3/p+1. The van der Waals surface area contributed by atoms with Crippen LogP contribution in [-0.2, 0) is 11.1 Å². The highest BCUT2D eigenvalue weighted by Crippen LogP contribution is 2.17. The lowest BCUT2D eigenvalue weighted by Crippen LogP contribution is -2.24. The van der Waals surface area contributed by atoms with Crippen LogP contribution in [0.1, 0.15) is 19.4 Å². The van der Waals surface area contributed by atoms with Gasteiger partial charge in [-0.25, -0.2) is 0 Å². The van der Waals surface area contributed by atoms with E-state index in [-0.39, 0.29) is 0 Å². The van der Waals surface area contributed by atoms with E-state index < -0.39 is 8.03 Å². The van der Waals surface area contributed by atoms with Crippen molar-refractivity contribution in [1.29, 1.82) is 0 Å². The number of benzene rings is 1. The van der Waals surface area contributed by atoms with Gasteiger partial charge in [0.1, 0.15) is 0 Å². The predicted molar refractivity (Wildman–Crippen MR) is 62.5 cm³/mol. The van der Waals surface area contributed by atoms with Crippen LogP contribution in [0, 0.1) is 0 Å². The van der Waals surface area contributed by atoms with Gasteiger partial charge in [0, 0.05) is 12.1 Å². The average Bonchev–Trinajstić information content (AvgIpc) is 2.26. The second-order valence-electron chi connectivity index (χ2n) is 3.36. The van der Waals surface area contributed by atoms with E-state index in [1.54, 1.807) is 12.1 Å². The molecule has 0 heterocycles. The summed E-state index contributed by atoms with van der Waals surface area (Å²) < 4.78 is 11.1. The molecule has 4 heteroatoms. The molecule has 0 saturated heterocycles. The first kappa shape index (κ1) is 12.3. The summed E-state index contributed by atoms with van der Waals surface area (Å²) in [6.45, 7) is 6.82. The minimum absolute atomic E-state index is 0.555. The lowest BCUT2D eigenvalue weighted by atomic mass is 10.2. The molecule has 0 aliphatic carbocycles. The quantitative estimate of drug-likeness (QED) is 0.779. The molecule has 0 saturated carbocycles. The van der Waals surface area contributed by atoms with Gasteiger partial charge in [0.25, 0.3) is 0 Å². The fourth-order valence-corrected chi connectivity index (χ4v) is 2.12. The minimum atomic E-state index is -2.23. The Morgan fingerprint density at radius 1 is 1.27 bits per heavy atom. The lowest BCUT2D eigenvalue weighted by molar-refractivity contribution is 0.296. The first-order valence-electron chi connectivity index (χ1n) is 5.15. The maximum Gasteiger partial charge on any atom is 0.546 e. The molecule has 15 heavy (non-hydrogen) atoms. The van der Waals surface area contributed by atoms with Crippen LogP contribution in [0.4, 0.5) is 0 Å². The van der Waals surface area contributed by atoms with Crippen LogP contribution in [-0.4, -0.2) is 22.9 Å². The second kappa shape index (κ2) is 5.96. The summed E-state index contributed by atoms with van der Waals surface area (Å²) in [5.74, 6) is 0. The maximum atomic E-state index is 11.1. The van der Waals surface area contributed by atoms with Crippen LogP contribution < -0.4 is 5.30 Å². The molecule has 0 aliphatic rings. The van der Waals surface area contributed by atoms with E-state index in [1.807, 2.05) is 12.1 Å². The van der Waals surface area contributed by atoms with Crippen molar-refractivity contribution in [2.24, 2.45) is 0 Å². The normalized spacial score (nSPS) is 11.9. The number of hydrogen-bond donors (Lipinski definition) is 1. The highest BCUT2D eigenvalue weighted by Gasteiger charge is 2.21. The molecule has 0 fully saturated rings. The molecule has 1 N–H and O–H groups in total. The van der Waals surface area contributed by atoms with Crippen molar-refractivity contribution in [3.05, 3.63) is 29.8 Å². The number of hydrogen-bond acceptors (Lipinski definition) is 2. The molecule has 1 unspecified atom stereocenters. The third-order valence-corrected chi connectivity index (χ3v) is 3.33. The third-order valence-electron chi connectivity index (χ3n) is 2.49. The monoisotopic (exact) mass is 226 g/mol. The van der Waals surface area contributed by atoms with Crippen LogP contribution in [0.25, 0.3) is 0 Å². The minimum Gasteiger partial charge on any atom is -0.299 e. The van der Waals surface area contributed by atoms with Crippen molar-refractivity contribution in [3.8, 4) is 0 Å². The second-order valence-corrected chi connectivity index (χ2v) is 4.39. The van der Waals surface area contributed by atoms with Crippen LogP contribution in [0.5, 0.6) is 0 Å². The Bertz CT molecular complexity index is 337. The van der Waals surface area contributed by atoms with Gasteiger partial charge in [0.15, 0.2) is 0 Å². The Kier molecular flexibility index (Phi) is 4.89. The van der Waals surface area contributed by atoms with Gasteiger partial charge in [-0.1, -0.05) is 32.0 Å². The Morgan fingerprint density at radius 2 is 1.87 bits per heavy atom. The predicted octanol–water partition coefficient (Wildman–Crippen LogP) is 1.89. The smallest absolute Gasteiger partial charge is 0.299 e. The highest BCUT2D eigenvalue weighted by atomic mass is 31.1. The number of nitrogens with zero attached hydrogens (tertiary/aromatic N) is 1. The zero-order chi connectivity index (χ0) is 11.3. The van der Waals surface area contributed by atoms with Crippen molar-refractivity contribution < 1.29 is 9.46 Å². The van der Waals surface area contributed by atoms with Crippen molar-refractivity contribution in [1.82, 2.24) is 4.90 Å². The third kappa shape index (κ3) is 3.38. The molecule has 1 rings (SSSR count). The average molecular weight is 226 g/mol. The first-order chi connectivity index (χ1) is 7.19. The molecular weight excluding hydrogens is 209 g/mol. The topological polar surface area (TPSA) is 40.5 Å². The molecule has 0 bridgehead atoms. The maximum absolute atomic E-state index is 11.1. The van der Waals surface area contributed by atoms with E-state index >= 15 is 0 Å². The van der Waals surface area contributed by atoms with Crippen molar-refractivity contribution >= 4 is 13.3 Å². The van der Waals surface area contributed by atoms with Crippen LogP contribution in [0.3, 0.4) is 0 Å². The molecule has 0 aliphatic heterocycles. The Morgan fingerprint density at radius 3 is 2.40 bits per heavy atom. The molecular formula is C11H17NO2P+. The molecule has 1 aromatic carbocycles. The summed E-state index contributed by atoms with van der Waals surface area (Å²) >= 11 is 0. The Hall–Kier alpha value is -0.760. The van der Waals surface area contributed by atoms with E-state index in [9.17, 15) is 4.57 Å². The van der Waals surface area contributed by atoms with Gasteiger partial charge < -0.3 is 0 Å². The largest absolute Gasteiger partial charge is 0.546 e. The van der Waals surface area contributed by atoms with E-state index in [2.05, 4.69) is 18.7 Å². The van der Waals surface area contributed by atoms with Crippen molar-refractivity contribution in [2.75, 3.05) is 13.1 Å². The molecule has 0 amide bonds. The van der Waals surface area contributed by atoms with Gasteiger partial charge in [-0.3, -0.25) is 4.90 Å². The van der Waals surface area contributed by atoms with E-state index in [1.165, 1.54) is 0 Å². The fraction of sp³-hybridized carbons (Fsp3) is 0.455. The van der Waals surface area contributed by atoms with Crippen LogP contribution >= 0.6 is 8.03 Å². The Labute approximate surface area is 91.6 Å². The molecule has 0 radical (unpaired) electrons. The van der Waals surface area contributed by atoms with Gasteiger partial charge in [-0.05, 0) is 23.7 Å². The number of rotatable bonds is 5. The van der Waals surface area contributed by atoms with Crippen molar-refractivity contribution in [3.63, 3.8) is 0 Å². The molecule has 1 atom stereocenters. The zero-order valence-electron chi connectivity index (χ0n) is 9.18. The van der Waals surface area contributed by atoms with E-state index in [0.29, 0.717) is 5.30 Å². The highest BCUT2D eigenvalue weighted by molar-refractivity contribution is 7.47. The summed E-state index contributed by atoms with van der Waals surface area (Å²) in [6.07, 6.45) is 0. The molecule has 1 aromatic rings. The van der Waals surface area contributed by atoms with E-state index in [0.717, 1.165) is 25.2 Å². The van der Waals surface area contributed by atoms with Gasteiger partial charge >= 0.3 is 8.03 Å². The van der Waals surface area contributed by atoms with Crippen LogP contribution in [0.2, 0.25) is 0 Å². The summed E-state index contributed by atoms with van der Waals surface area (Å²) in [6, 6.07) is 7.33. The summed E-state index contributed by atoms with van der Waals surface area (Å²) in [5.41, 5.74) is 0.949. The molecule has 3 nitrogen and oxygen atoms in total. The summed E-state index contributed by atoms with van der Waals surface area (Å²) in [5, 5.41) is 0.555. The van der Waals surface area contributed by atoms with Gasteiger partial charge in [-0.15, -0.1) is 0 Å². The fourth-order valence-electron chi connectivity index (χ4n) is 1.52.